The molecule has 0 fully saturated rings. The van der Waals surface area contributed by atoms with Crippen LogP contribution in [0.3, 0.4) is 0 Å². The van der Waals surface area contributed by atoms with Gasteiger partial charge in [-0.15, -0.1) is 5.06 Å². The number of ether oxygens (including phenoxy) is 2. The van der Waals surface area contributed by atoms with Gasteiger partial charge in [-0.2, -0.15) is 0 Å². The lowest BCUT2D eigenvalue weighted by atomic mass is 10.0. The Morgan fingerprint density at radius 1 is 1.07 bits per heavy atom. The predicted molar refractivity (Wildman–Crippen MR) is 166 cm³/mol. The van der Waals surface area contributed by atoms with Gasteiger partial charge in [-0.25, -0.2) is 4.79 Å². The second-order valence-corrected chi connectivity index (χ2v) is 12.6. The topological polar surface area (TPSA) is 82.9 Å². The number of amides is 1. The number of pyridine rings is 2. The van der Waals surface area contributed by atoms with Gasteiger partial charge < -0.3 is 18.9 Å². The van der Waals surface area contributed by atoms with Crippen LogP contribution < -0.4 is 15.1 Å². The molecule has 0 aliphatic carbocycles. The zero-order valence-electron chi connectivity index (χ0n) is 24.9. The van der Waals surface area contributed by atoms with E-state index in [2.05, 4.69) is 34.8 Å². The van der Waals surface area contributed by atoms with E-state index in [9.17, 15) is 9.59 Å². The fraction of sp³-hybridized carbons (Fsp3) is 0.406. The Hall–Kier alpha value is -3.59. The summed E-state index contributed by atoms with van der Waals surface area (Å²) < 4.78 is 13.4. The molecule has 0 saturated heterocycles. The molecule has 0 unspecified atom stereocenters. The third-order valence-corrected chi connectivity index (χ3v) is 7.33. The van der Waals surface area contributed by atoms with Crippen LogP contribution in [0, 0.1) is 12.8 Å². The highest BCUT2D eigenvalue weighted by molar-refractivity contribution is 9.10. The maximum atomic E-state index is 14.0. The van der Waals surface area contributed by atoms with Gasteiger partial charge in [0, 0.05) is 17.6 Å². The van der Waals surface area contributed by atoms with Crippen molar-refractivity contribution in [2.45, 2.75) is 73.1 Å². The molecule has 9 heteroatoms. The molecule has 2 aromatic carbocycles. The van der Waals surface area contributed by atoms with Crippen molar-refractivity contribution in [1.82, 2.24) is 14.6 Å². The number of nitrogens with zero attached hydrogens (tertiary/aromatic N) is 3. The predicted octanol–water partition coefficient (Wildman–Crippen LogP) is 7.64. The van der Waals surface area contributed by atoms with Gasteiger partial charge in [0.1, 0.15) is 11.4 Å². The van der Waals surface area contributed by atoms with E-state index in [0.717, 1.165) is 22.1 Å². The highest BCUT2D eigenvalue weighted by atomic mass is 79.9. The summed E-state index contributed by atoms with van der Waals surface area (Å²) in [5, 5.41) is 3.51. The number of fused-ring (bicyclic) bond motifs is 3. The lowest BCUT2D eigenvalue weighted by Crippen LogP contribution is -2.44. The molecule has 4 rings (SSSR count). The SMILES string of the molecule is COc1ccc(Cn2c(=O)c3c(C)nccc3c3cc(Br)c(ON(C(=O)OC(C)(C)C)[C@@H](C)CC(C)C)cc32)cc1. The average molecular weight is 625 g/mol. The quantitative estimate of drug-likeness (QED) is 0.148. The molecule has 0 radical (unpaired) electrons. The maximum absolute atomic E-state index is 14.0. The smallest absolute Gasteiger partial charge is 0.443 e. The molecule has 0 aliphatic heterocycles. The van der Waals surface area contributed by atoms with Crippen molar-refractivity contribution in [3.05, 3.63) is 74.7 Å². The third kappa shape index (κ3) is 6.84. The van der Waals surface area contributed by atoms with E-state index in [0.29, 0.717) is 45.7 Å². The van der Waals surface area contributed by atoms with E-state index < -0.39 is 11.7 Å². The Kier molecular flexibility index (Phi) is 8.97. The van der Waals surface area contributed by atoms with Crippen molar-refractivity contribution in [3.8, 4) is 11.5 Å². The Balaban J connectivity index is 1.90. The number of aryl methyl sites for hydroxylation is 1. The molecule has 0 aliphatic rings. The molecule has 41 heavy (non-hydrogen) atoms. The van der Waals surface area contributed by atoms with E-state index >= 15 is 0 Å². The summed E-state index contributed by atoms with van der Waals surface area (Å²) in [6, 6.07) is 12.9. The maximum Gasteiger partial charge on any atom is 0.443 e. The number of methoxy groups -OCH3 is 1. The molecule has 1 atom stereocenters. The summed E-state index contributed by atoms with van der Waals surface area (Å²) in [4.78, 5) is 37.9. The first-order chi connectivity index (χ1) is 19.3. The molecular formula is C32H38BrN3O5. The molecule has 0 spiro atoms. The summed E-state index contributed by atoms with van der Waals surface area (Å²) in [5.41, 5.74) is 1.41. The van der Waals surface area contributed by atoms with Gasteiger partial charge in [-0.05, 0) is 98.1 Å². The first-order valence-electron chi connectivity index (χ1n) is 13.7. The zero-order chi connectivity index (χ0) is 30.1. The van der Waals surface area contributed by atoms with E-state index in [1.165, 1.54) is 5.06 Å². The Bertz CT molecular complexity index is 1620. The standard InChI is InChI=1S/C32H38BrN3O5/c1-19(2)15-20(3)36(31(38)40-32(5,6)7)41-28-17-27-25(16-26(28)33)24-13-14-34-21(4)29(24)30(37)35(27)18-22-9-11-23(39-8)12-10-22/h9-14,16-17,19-20H,15,18H2,1-8H3/t20-/m0/s1. The number of aromatic nitrogens is 2. The number of hydrogen-bond acceptors (Lipinski definition) is 6. The van der Waals surface area contributed by atoms with Gasteiger partial charge in [0.05, 0.1) is 40.8 Å². The lowest BCUT2D eigenvalue weighted by Gasteiger charge is -2.32. The summed E-state index contributed by atoms with van der Waals surface area (Å²) in [5.74, 6) is 1.46. The number of halogens is 1. The summed E-state index contributed by atoms with van der Waals surface area (Å²) in [7, 11) is 1.62. The highest BCUT2D eigenvalue weighted by Crippen LogP contribution is 2.35. The van der Waals surface area contributed by atoms with Crippen LogP contribution in [0.25, 0.3) is 21.7 Å². The van der Waals surface area contributed by atoms with Crippen molar-refractivity contribution in [3.63, 3.8) is 0 Å². The second-order valence-electron chi connectivity index (χ2n) is 11.7. The fourth-order valence-electron chi connectivity index (χ4n) is 4.93. The minimum atomic E-state index is -0.694. The van der Waals surface area contributed by atoms with Crippen molar-refractivity contribution >= 4 is 43.7 Å². The molecule has 4 aromatic rings. The van der Waals surface area contributed by atoms with E-state index in [-0.39, 0.29) is 11.6 Å². The average Bonchev–Trinajstić information content (AvgIpc) is 2.88. The van der Waals surface area contributed by atoms with Crippen molar-refractivity contribution in [2.75, 3.05) is 7.11 Å². The van der Waals surface area contributed by atoms with Crippen LogP contribution in [-0.2, 0) is 11.3 Å². The Labute approximate surface area is 249 Å². The number of carbonyl (C=O) groups is 1. The number of carbonyl (C=O) groups excluding carboxylic acids is 1. The Morgan fingerprint density at radius 3 is 2.37 bits per heavy atom. The van der Waals surface area contributed by atoms with Crippen LogP contribution in [0.5, 0.6) is 11.5 Å². The van der Waals surface area contributed by atoms with Gasteiger partial charge in [0.25, 0.3) is 5.56 Å². The van der Waals surface area contributed by atoms with Crippen LogP contribution in [0.1, 0.15) is 59.2 Å². The third-order valence-electron chi connectivity index (χ3n) is 6.71. The van der Waals surface area contributed by atoms with Gasteiger partial charge in [-0.3, -0.25) is 9.78 Å². The summed E-state index contributed by atoms with van der Waals surface area (Å²) in [6.07, 6.45) is 1.85. The highest BCUT2D eigenvalue weighted by Gasteiger charge is 2.30. The lowest BCUT2D eigenvalue weighted by molar-refractivity contribution is -0.0970. The van der Waals surface area contributed by atoms with Crippen LogP contribution in [0.2, 0.25) is 0 Å². The van der Waals surface area contributed by atoms with Crippen LogP contribution in [-0.4, -0.2) is 39.5 Å². The van der Waals surface area contributed by atoms with Crippen LogP contribution in [0.15, 0.2) is 57.9 Å². The van der Waals surface area contributed by atoms with Crippen LogP contribution >= 0.6 is 15.9 Å². The molecule has 2 aromatic heterocycles. The fourth-order valence-corrected chi connectivity index (χ4v) is 5.34. The molecule has 0 saturated carbocycles. The van der Waals surface area contributed by atoms with Crippen molar-refractivity contribution in [2.24, 2.45) is 5.92 Å². The number of benzene rings is 2. The monoisotopic (exact) mass is 623 g/mol. The first kappa shape index (κ1) is 30.4. The minimum absolute atomic E-state index is 0.153. The van der Waals surface area contributed by atoms with E-state index in [1.54, 1.807) is 23.9 Å². The molecular weight excluding hydrogens is 586 g/mol. The second kappa shape index (κ2) is 12.1. The molecule has 8 nitrogen and oxygen atoms in total. The largest absolute Gasteiger partial charge is 0.497 e. The normalized spacial score (nSPS) is 12.5. The minimum Gasteiger partial charge on any atom is -0.497 e. The van der Waals surface area contributed by atoms with Crippen LogP contribution in [0.4, 0.5) is 4.79 Å². The number of hydroxylamine groups is 2. The van der Waals surface area contributed by atoms with Crippen molar-refractivity contribution < 1.29 is 19.1 Å². The van der Waals surface area contributed by atoms with E-state index in [4.69, 9.17) is 14.3 Å². The Morgan fingerprint density at radius 2 is 1.76 bits per heavy atom. The molecule has 2 heterocycles. The van der Waals surface area contributed by atoms with Gasteiger partial charge in [-0.1, -0.05) is 26.0 Å². The summed E-state index contributed by atoms with van der Waals surface area (Å²) in [6.45, 7) is 13.7. The molecule has 218 valence electrons. The molecule has 0 N–H and O–H groups in total. The number of rotatable bonds is 8. The van der Waals surface area contributed by atoms with Gasteiger partial charge in [0.2, 0.25) is 0 Å². The zero-order valence-corrected chi connectivity index (χ0v) is 26.5. The van der Waals surface area contributed by atoms with Gasteiger partial charge in [0.15, 0.2) is 5.75 Å². The van der Waals surface area contributed by atoms with E-state index in [1.807, 2.05) is 71.0 Å². The van der Waals surface area contributed by atoms with Gasteiger partial charge >= 0.3 is 6.09 Å². The molecule has 1 amide bonds. The molecule has 0 bridgehead atoms. The number of hydrogen-bond donors (Lipinski definition) is 0. The first-order valence-corrected chi connectivity index (χ1v) is 14.5. The summed E-state index contributed by atoms with van der Waals surface area (Å²) >= 11 is 3.67. The van der Waals surface area contributed by atoms with Crippen molar-refractivity contribution in [1.29, 1.82) is 0 Å².